The van der Waals surface area contributed by atoms with Crippen LogP contribution >= 0.6 is 0 Å². The SMILES string of the molecule is N#Cc1ccc(S(=O)(=O)N(CCCN)Cc2ccccc2)cc1C(F)(F)F. The molecule has 0 aliphatic heterocycles. The molecule has 0 radical (unpaired) electrons. The zero-order valence-electron chi connectivity index (χ0n) is 14.3. The van der Waals surface area contributed by atoms with Gasteiger partial charge in [0, 0.05) is 13.1 Å². The number of benzene rings is 2. The lowest BCUT2D eigenvalue weighted by atomic mass is 10.1. The van der Waals surface area contributed by atoms with Crippen molar-refractivity contribution in [2.45, 2.75) is 24.0 Å². The highest BCUT2D eigenvalue weighted by molar-refractivity contribution is 7.89. The van der Waals surface area contributed by atoms with Crippen molar-refractivity contribution in [2.24, 2.45) is 5.73 Å². The van der Waals surface area contributed by atoms with Crippen molar-refractivity contribution in [1.29, 1.82) is 5.26 Å². The molecule has 0 fully saturated rings. The number of nitriles is 1. The Labute approximate surface area is 155 Å². The van der Waals surface area contributed by atoms with Crippen molar-refractivity contribution in [1.82, 2.24) is 4.31 Å². The monoisotopic (exact) mass is 397 g/mol. The van der Waals surface area contributed by atoms with Crippen LogP contribution in [0.4, 0.5) is 13.2 Å². The van der Waals surface area contributed by atoms with Crippen LogP contribution in [0, 0.1) is 11.3 Å². The molecule has 5 nitrogen and oxygen atoms in total. The second-order valence-corrected chi connectivity index (χ2v) is 7.72. The van der Waals surface area contributed by atoms with Gasteiger partial charge in [-0.15, -0.1) is 0 Å². The van der Waals surface area contributed by atoms with Crippen LogP contribution in [0.2, 0.25) is 0 Å². The van der Waals surface area contributed by atoms with E-state index in [1.165, 1.54) is 6.07 Å². The average molecular weight is 397 g/mol. The number of halogens is 3. The Kier molecular flexibility index (Phi) is 6.59. The van der Waals surface area contributed by atoms with Gasteiger partial charge in [-0.2, -0.15) is 22.7 Å². The van der Waals surface area contributed by atoms with Gasteiger partial charge in [-0.05, 0) is 36.7 Å². The van der Waals surface area contributed by atoms with Gasteiger partial charge in [0.05, 0.1) is 22.1 Å². The summed E-state index contributed by atoms with van der Waals surface area (Å²) in [4.78, 5) is -0.512. The van der Waals surface area contributed by atoms with E-state index in [1.54, 1.807) is 30.3 Å². The molecule has 0 aliphatic rings. The third-order valence-corrected chi connectivity index (χ3v) is 5.71. The topological polar surface area (TPSA) is 87.2 Å². The second kappa shape index (κ2) is 8.52. The number of rotatable bonds is 7. The Morgan fingerprint density at radius 2 is 1.78 bits per heavy atom. The Balaban J connectivity index is 2.47. The molecule has 0 spiro atoms. The summed E-state index contributed by atoms with van der Waals surface area (Å²) in [6.07, 6.45) is -4.48. The standard InChI is InChI=1S/C18H18F3N3O2S/c19-18(20,21)17-11-16(8-7-15(17)12-23)27(25,26)24(10-4-9-22)13-14-5-2-1-3-6-14/h1-3,5-8,11H,4,9-10,13,22H2. The molecule has 9 heteroatoms. The zero-order chi connectivity index (χ0) is 20.1. The minimum absolute atomic E-state index is 0.00449. The van der Waals surface area contributed by atoms with Gasteiger partial charge in [-0.25, -0.2) is 8.42 Å². The fourth-order valence-corrected chi connectivity index (χ4v) is 4.00. The Bertz CT molecular complexity index is 923. The van der Waals surface area contributed by atoms with E-state index in [-0.39, 0.29) is 19.6 Å². The highest BCUT2D eigenvalue weighted by atomic mass is 32.2. The maximum absolute atomic E-state index is 13.2. The maximum Gasteiger partial charge on any atom is 0.417 e. The van der Waals surface area contributed by atoms with E-state index in [4.69, 9.17) is 11.0 Å². The molecule has 2 aromatic rings. The number of nitrogens with two attached hydrogens (primary N) is 1. The number of sulfonamides is 1. The first-order valence-corrected chi connectivity index (χ1v) is 9.49. The van der Waals surface area contributed by atoms with Crippen molar-refractivity contribution in [2.75, 3.05) is 13.1 Å². The third kappa shape index (κ3) is 5.07. The summed E-state index contributed by atoms with van der Waals surface area (Å²) in [6, 6.07) is 12.6. The van der Waals surface area contributed by atoms with E-state index in [9.17, 15) is 21.6 Å². The lowest BCUT2D eigenvalue weighted by Gasteiger charge is -2.23. The summed E-state index contributed by atoms with van der Waals surface area (Å²) in [5, 5.41) is 8.87. The Morgan fingerprint density at radius 1 is 1.11 bits per heavy atom. The molecule has 0 heterocycles. The second-order valence-electron chi connectivity index (χ2n) is 5.78. The van der Waals surface area contributed by atoms with Crippen LogP contribution in [-0.4, -0.2) is 25.8 Å². The summed E-state index contributed by atoms with van der Waals surface area (Å²) in [5.41, 5.74) is 4.26. The number of nitrogens with zero attached hydrogens (tertiary/aromatic N) is 2. The summed E-state index contributed by atoms with van der Waals surface area (Å²) in [5.74, 6) is 0. The van der Waals surface area contributed by atoms with Gasteiger partial charge in [0.15, 0.2) is 0 Å². The number of alkyl halides is 3. The first-order chi connectivity index (χ1) is 12.7. The molecule has 27 heavy (non-hydrogen) atoms. The Hall–Kier alpha value is -2.41. The van der Waals surface area contributed by atoms with Crippen molar-refractivity contribution >= 4 is 10.0 Å². The van der Waals surface area contributed by atoms with Crippen molar-refractivity contribution < 1.29 is 21.6 Å². The van der Waals surface area contributed by atoms with Gasteiger partial charge < -0.3 is 5.73 Å². The summed E-state index contributed by atoms with van der Waals surface area (Å²) in [6.45, 7) is 0.307. The predicted octanol–water partition coefficient (Wildman–Crippen LogP) is 3.12. The van der Waals surface area contributed by atoms with E-state index in [0.29, 0.717) is 18.1 Å². The van der Waals surface area contributed by atoms with Crippen LogP contribution in [0.1, 0.15) is 23.1 Å². The summed E-state index contributed by atoms with van der Waals surface area (Å²) < 4.78 is 66.5. The number of hydrogen-bond donors (Lipinski definition) is 1. The predicted molar refractivity (Wildman–Crippen MR) is 93.9 cm³/mol. The van der Waals surface area contributed by atoms with Crippen molar-refractivity contribution in [3.63, 3.8) is 0 Å². The van der Waals surface area contributed by atoms with Gasteiger partial charge in [0.1, 0.15) is 0 Å². The zero-order valence-corrected chi connectivity index (χ0v) is 15.1. The van der Waals surface area contributed by atoms with Gasteiger partial charge >= 0.3 is 6.18 Å². The van der Waals surface area contributed by atoms with Crippen LogP contribution < -0.4 is 5.73 Å². The first kappa shape index (κ1) is 20.9. The van der Waals surface area contributed by atoms with Gasteiger partial charge in [-0.1, -0.05) is 30.3 Å². The van der Waals surface area contributed by atoms with Crippen molar-refractivity contribution in [3.05, 3.63) is 65.2 Å². The van der Waals surface area contributed by atoms with Crippen LogP contribution in [-0.2, 0) is 22.7 Å². The van der Waals surface area contributed by atoms with Crippen LogP contribution in [0.3, 0.4) is 0 Å². The summed E-state index contributed by atoms with van der Waals surface area (Å²) in [7, 11) is -4.21. The molecule has 0 amide bonds. The fraction of sp³-hybridized carbons (Fsp3) is 0.278. The summed E-state index contributed by atoms with van der Waals surface area (Å²) >= 11 is 0. The molecule has 0 bridgehead atoms. The molecule has 144 valence electrons. The van der Waals surface area contributed by atoms with Gasteiger partial charge in [-0.3, -0.25) is 0 Å². The van der Waals surface area contributed by atoms with Crippen LogP contribution in [0.15, 0.2) is 53.4 Å². The smallest absolute Gasteiger partial charge is 0.330 e. The van der Waals surface area contributed by atoms with Gasteiger partial charge in [0.2, 0.25) is 10.0 Å². The van der Waals surface area contributed by atoms with Crippen LogP contribution in [0.25, 0.3) is 0 Å². The maximum atomic E-state index is 13.2. The van der Waals surface area contributed by atoms with E-state index >= 15 is 0 Å². The molecule has 0 saturated heterocycles. The van der Waals surface area contributed by atoms with E-state index < -0.39 is 32.2 Å². The minimum atomic E-state index is -4.84. The third-order valence-electron chi connectivity index (χ3n) is 3.87. The number of hydrogen-bond acceptors (Lipinski definition) is 4. The molecular weight excluding hydrogens is 379 g/mol. The molecular formula is C18H18F3N3O2S. The van der Waals surface area contributed by atoms with Crippen LogP contribution in [0.5, 0.6) is 0 Å². The molecule has 0 saturated carbocycles. The molecule has 2 N–H and O–H groups in total. The molecule has 0 atom stereocenters. The van der Waals surface area contributed by atoms with Crippen molar-refractivity contribution in [3.8, 4) is 6.07 Å². The Morgan fingerprint density at radius 3 is 2.33 bits per heavy atom. The van der Waals surface area contributed by atoms with E-state index in [1.807, 2.05) is 0 Å². The fourth-order valence-electron chi connectivity index (χ4n) is 2.50. The largest absolute Gasteiger partial charge is 0.417 e. The molecule has 0 unspecified atom stereocenters. The normalized spacial score (nSPS) is 12.1. The van der Waals surface area contributed by atoms with E-state index in [2.05, 4.69) is 0 Å². The lowest BCUT2D eigenvalue weighted by Crippen LogP contribution is -2.33. The molecule has 0 aliphatic carbocycles. The highest BCUT2D eigenvalue weighted by Crippen LogP contribution is 2.34. The minimum Gasteiger partial charge on any atom is -0.330 e. The molecule has 2 aromatic carbocycles. The van der Waals surface area contributed by atoms with Gasteiger partial charge in [0.25, 0.3) is 0 Å². The molecule has 2 rings (SSSR count). The highest BCUT2D eigenvalue weighted by Gasteiger charge is 2.36. The van der Waals surface area contributed by atoms with E-state index in [0.717, 1.165) is 16.4 Å². The lowest BCUT2D eigenvalue weighted by molar-refractivity contribution is -0.137. The quantitative estimate of drug-likeness (QED) is 0.778. The first-order valence-electron chi connectivity index (χ1n) is 8.05. The molecule has 0 aromatic heterocycles. The average Bonchev–Trinajstić information content (AvgIpc) is 2.64.